The van der Waals surface area contributed by atoms with Crippen molar-refractivity contribution in [3.05, 3.63) is 83.9 Å². The van der Waals surface area contributed by atoms with Crippen molar-refractivity contribution in [2.75, 3.05) is 37.1 Å². The Labute approximate surface area is 253 Å². The Balaban J connectivity index is 1.75. The number of rotatable bonds is 14. The van der Waals surface area contributed by atoms with E-state index in [9.17, 15) is 18.0 Å². The van der Waals surface area contributed by atoms with Gasteiger partial charge in [-0.3, -0.25) is 13.9 Å². The van der Waals surface area contributed by atoms with Crippen LogP contribution in [0.2, 0.25) is 0 Å². The highest BCUT2D eigenvalue weighted by Crippen LogP contribution is 2.36. The van der Waals surface area contributed by atoms with E-state index in [1.807, 2.05) is 56.3 Å². The molecular weight excluding hydrogens is 570 g/mol. The van der Waals surface area contributed by atoms with E-state index in [2.05, 4.69) is 5.32 Å². The fourth-order valence-electron chi connectivity index (χ4n) is 4.70. The zero-order valence-electron chi connectivity index (χ0n) is 25.0. The average molecular weight is 610 g/mol. The quantitative estimate of drug-likeness (QED) is 0.294. The normalized spacial score (nSPS) is 13.0. The number of sulfonamides is 1. The second-order valence-corrected chi connectivity index (χ2v) is 12.8. The van der Waals surface area contributed by atoms with Gasteiger partial charge in [0.25, 0.3) is 0 Å². The molecule has 0 saturated carbocycles. The molecule has 0 bridgehead atoms. The summed E-state index contributed by atoms with van der Waals surface area (Å²) in [6.07, 6.45) is 0.241. The molecule has 0 unspecified atom stereocenters. The number of nitrogens with zero attached hydrogens (tertiary/aromatic N) is 2. The number of methoxy groups -OCH3 is 1. The molecule has 1 heterocycles. The van der Waals surface area contributed by atoms with Gasteiger partial charge in [-0.25, -0.2) is 8.42 Å². The van der Waals surface area contributed by atoms with Crippen LogP contribution in [0.25, 0.3) is 0 Å². The van der Waals surface area contributed by atoms with Crippen molar-refractivity contribution in [1.29, 1.82) is 0 Å². The molecule has 43 heavy (non-hydrogen) atoms. The smallest absolute Gasteiger partial charge is 0.244 e. The lowest BCUT2D eigenvalue weighted by atomic mass is 10.0. The van der Waals surface area contributed by atoms with E-state index in [1.54, 1.807) is 37.4 Å². The van der Waals surface area contributed by atoms with Gasteiger partial charge in [0.15, 0.2) is 11.5 Å². The number of anilines is 1. The van der Waals surface area contributed by atoms with E-state index in [4.69, 9.17) is 14.2 Å². The molecule has 1 aliphatic rings. The van der Waals surface area contributed by atoms with Crippen LogP contribution in [-0.2, 0) is 32.6 Å². The van der Waals surface area contributed by atoms with Crippen molar-refractivity contribution in [3.63, 3.8) is 0 Å². The molecule has 1 N–H and O–H groups in total. The molecule has 230 valence electrons. The van der Waals surface area contributed by atoms with Crippen LogP contribution in [0.15, 0.2) is 72.8 Å². The van der Waals surface area contributed by atoms with Crippen LogP contribution < -0.4 is 23.8 Å². The Morgan fingerprint density at radius 3 is 2.37 bits per heavy atom. The molecule has 0 aromatic heterocycles. The standard InChI is InChI=1S/C32H39N3O7S/c1-5-43(38,39)35(26-14-15-29-30(18-26)42-22-41-29)21-31(36)34(20-25-12-9-13-27(16-25)40-4)28(32(37)33-19-23(2)3)17-24-10-7-6-8-11-24/h6-16,18,23,28H,5,17,19-22H2,1-4H3,(H,33,37)/t28-/m0/s1. The highest BCUT2D eigenvalue weighted by molar-refractivity contribution is 7.92. The predicted molar refractivity (Wildman–Crippen MR) is 165 cm³/mol. The molecular formula is C32H39N3O7S. The van der Waals surface area contributed by atoms with E-state index >= 15 is 0 Å². The number of ether oxygens (including phenoxy) is 3. The predicted octanol–water partition coefficient (Wildman–Crippen LogP) is 3.99. The van der Waals surface area contributed by atoms with Crippen LogP contribution in [0.5, 0.6) is 17.2 Å². The van der Waals surface area contributed by atoms with E-state index in [0.29, 0.717) is 23.8 Å². The lowest BCUT2D eigenvalue weighted by Gasteiger charge is -2.34. The lowest BCUT2D eigenvalue weighted by molar-refractivity contribution is -0.140. The van der Waals surface area contributed by atoms with E-state index in [1.165, 1.54) is 11.8 Å². The molecule has 0 spiro atoms. The second-order valence-electron chi connectivity index (χ2n) is 10.7. The Morgan fingerprint density at radius 1 is 0.953 bits per heavy atom. The molecule has 1 atom stereocenters. The van der Waals surface area contributed by atoms with Crippen LogP contribution in [-0.4, -0.2) is 63.9 Å². The lowest BCUT2D eigenvalue weighted by Crippen LogP contribution is -2.53. The van der Waals surface area contributed by atoms with Gasteiger partial charge in [0.1, 0.15) is 18.3 Å². The molecule has 1 aliphatic heterocycles. The van der Waals surface area contributed by atoms with Gasteiger partial charge in [0.2, 0.25) is 28.6 Å². The maximum atomic E-state index is 14.3. The Bertz CT molecular complexity index is 1510. The fourth-order valence-corrected chi connectivity index (χ4v) is 5.76. The third-order valence-corrected chi connectivity index (χ3v) is 8.81. The number of amides is 2. The molecule has 0 fully saturated rings. The summed E-state index contributed by atoms with van der Waals surface area (Å²) >= 11 is 0. The van der Waals surface area contributed by atoms with Crippen molar-refractivity contribution >= 4 is 27.5 Å². The SMILES string of the molecule is CCS(=O)(=O)N(CC(=O)N(Cc1cccc(OC)c1)[C@@H](Cc1ccccc1)C(=O)NCC(C)C)c1ccc2c(c1)OCO2. The van der Waals surface area contributed by atoms with Gasteiger partial charge in [-0.2, -0.15) is 0 Å². The average Bonchev–Trinajstić information content (AvgIpc) is 3.49. The van der Waals surface area contributed by atoms with Crippen molar-refractivity contribution < 1.29 is 32.2 Å². The van der Waals surface area contributed by atoms with Gasteiger partial charge in [0, 0.05) is 25.6 Å². The van der Waals surface area contributed by atoms with Crippen LogP contribution in [0.3, 0.4) is 0 Å². The van der Waals surface area contributed by atoms with Crippen LogP contribution >= 0.6 is 0 Å². The zero-order valence-corrected chi connectivity index (χ0v) is 25.8. The first-order valence-corrected chi connectivity index (χ1v) is 15.9. The molecule has 3 aromatic carbocycles. The van der Waals surface area contributed by atoms with Crippen LogP contribution in [0.4, 0.5) is 5.69 Å². The molecule has 11 heteroatoms. The number of benzene rings is 3. The minimum Gasteiger partial charge on any atom is -0.497 e. The molecule has 0 aliphatic carbocycles. The molecule has 4 rings (SSSR count). The maximum absolute atomic E-state index is 14.3. The summed E-state index contributed by atoms with van der Waals surface area (Å²) in [5, 5.41) is 2.98. The highest BCUT2D eigenvalue weighted by Gasteiger charge is 2.34. The summed E-state index contributed by atoms with van der Waals surface area (Å²) in [5.41, 5.74) is 1.87. The Kier molecular flexibility index (Phi) is 10.5. The monoisotopic (exact) mass is 609 g/mol. The van der Waals surface area contributed by atoms with E-state index in [-0.39, 0.29) is 43.0 Å². The van der Waals surface area contributed by atoms with Crippen molar-refractivity contribution in [2.24, 2.45) is 5.92 Å². The molecule has 2 amide bonds. The summed E-state index contributed by atoms with van der Waals surface area (Å²) in [7, 11) is -2.35. The Morgan fingerprint density at radius 2 is 1.67 bits per heavy atom. The van der Waals surface area contributed by atoms with Gasteiger partial charge in [0.05, 0.1) is 18.6 Å². The fraction of sp³-hybridized carbons (Fsp3) is 0.375. The number of carbonyl (C=O) groups excluding carboxylic acids is 2. The number of hydrogen-bond donors (Lipinski definition) is 1. The maximum Gasteiger partial charge on any atom is 0.244 e. The summed E-state index contributed by atoms with van der Waals surface area (Å²) in [4.78, 5) is 29.5. The summed E-state index contributed by atoms with van der Waals surface area (Å²) in [6.45, 7) is 5.50. The highest BCUT2D eigenvalue weighted by atomic mass is 32.2. The molecule has 10 nitrogen and oxygen atoms in total. The van der Waals surface area contributed by atoms with E-state index < -0.39 is 28.5 Å². The van der Waals surface area contributed by atoms with Crippen LogP contribution in [0, 0.1) is 5.92 Å². The first kappa shape index (κ1) is 31.7. The molecule has 0 saturated heterocycles. The van der Waals surface area contributed by atoms with Crippen molar-refractivity contribution in [3.8, 4) is 17.2 Å². The largest absolute Gasteiger partial charge is 0.497 e. The van der Waals surface area contributed by atoms with Gasteiger partial charge in [-0.1, -0.05) is 56.3 Å². The third kappa shape index (κ3) is 8.19. The third-order valence-electron chi connectivity index (χ3n) is 7.07. The van der Waals surface area contributed by atoms with Crippen molar-refractivity contribution in [2.45, 2.75) is 39.8 Å². The first-order chi connectivity index (χ1) is 20.6. The number of carbonyl (C=O) groups is 2. The minimum absolute atomic E-state index is 0.0270. The Hall–Kier alpha value is -4.25. The van der Waals surface area contributed by atoms with Crippen molar-refractivity contribution in [1.82, 2.24) is 10.2 Å². The van der Waals surface area contributed by atoms with Crippen LogP contribution in [0.1, 0.15) is 31.9 Å². The molecule has 0 radical (unpaired) electrons. The summed E-state index contributed by atoms with van der Waals surface area (Å²) in [5.74, 6) is 0.606. The summed E-state index contributed by atoms with van der Waals surface area (Å²) in [6, 6.07) is 20.5. The number of nitrogens with one attached hydrogen (secondary N) is 1. The van der Waals surface area contributed by atoms with Gasteiger partial charge < -0.3 is 24.4 Å². The number of hydrogen-bond acceptors (Lipinski definition) is 7. The topological polar surface area (TPSA) is 114 Å². The van der Waals surface area contributed by atoms with Gasteiger partial charge >= 0.3 is 0 Å². The second kappa shape index (κ2) is 14.3. The summed E-state index contributed by atoms with van der Waals surface area (Å²) < 4.78 is 44.0. The first-order valence-electron chi connectivity index (χ1n) is 14.2. The van der Waals surface area contributed by atoms with Gasteiger partial charge in [-0.05, 0) is 48.2 Å². The zero-order chi connectivity index (χ0) is 31.0. The number of fused-ring (bicyclic) bond motifs is 1. The minimum atomic E-state index is -3.90. The van der Waals surface area contributed by atoms with Gasteiger partial charge in [-0.15, -0.1) is 0 Å². The van der Waals surface area contributed by atoms with E-state index in [0.717, 1.165) is 15.4 Å². The molecule has 3 aromatic rings.